The number of ether oxygens (including phenoxy) is 1. The zero-order chi connectivity index (χ0) is 25.6. The molecule has 1 aliphatic carbocycles. The molecule has 1 N–H and O–H groups in total. The maximum absolute atomic E-state index is 13.5. The number of aryl methyl sites for hydroxylation is 4. The van der Waals surface area contributed by atoms with E-state index >= 15 is 0 Å². The van der Waals surface area contributed by atoms with Crippen LogP contribution in [-0.2, 0) is 22.4 Å². The number of carbonyl (C=O) groups is 2. The first kappa shape index (κ1) is 24.8. The Morgan fingerprint density at radius 1 is 1.14 bits per heavy atom. The molecule has 1 aliphatic rings. The molecule has 1 atom stereocenters. The summed E-state index contributed by atoms with van der Waals surface area (Å²) in [4.78, 5) is 27.3. The molecule has 4 aromatic rings. The number of fused-ring (bicyclic) bond motifs is 4. The number of aromatic nitrogens is 3. The van der Waals surface area contributed by atoms with Crippen LogP contribution in [0.3, 0.4) is 0 Å². The highest BCUT2D eigenvalue weighted by Gasteiger charge is 2.29. The average molecular weight is 523 g/mol. The molecule has 36 heavy (non-hydrogen) atoms. The molecule has 5 rings (SSSR count). The summed E-state index contributed by atoms with van der Waals surface area (Å²) in [5.74, 6) is -0.534. The first-order valence-corrected chi connectivity index (χ1v) is 14.0. The Morgan fingerprint density at radius 3 is 2.67 bits per heavy atom. The molecule has 188 valence electrons. The molecular weight excluding hydrogens is 492 g/mol. The molecule has 1 aromatic carbocycles. The molecule has 3 heterocycles. The van der Waals surface area contributed by atoms with Crippen LogP contribution in [0.2, 0.25) is 0 Å². The Morgan fingerprint density at radius 2 is 1.92 bits per heavy atom. The summed E-state index contributed by atoms with van der Waals surface area (Å²) in [6, 6.07) is 6.38. The molecule has 0 saturated heterocycles. The standard InChI is InChI=1S/C27H30N4O3S2/c1-6-19(24(32)28-25-22(26(33)34-5)17-9-7-8-10-20(17)35-25)36-27-30-29-21-13-15(3)18-12-14(2)11-16(4)23(18)31(21)27/h11-13,19H,6-10H2,1-5H3,(H,28,32). The monoisotopic (exact) mass is 522 g/mol. The van der Waals surface area contributed by atoms with Crippen molar-refractivity contribution in [1.29, 1.82) is 0 Å². The third kappa shape index (κ3) is 4.28. The van der Waals surface area contributed by atoms with Crippen molar-refractivity contribution in [3.05, 3.63) is 50.9 Å². The molecule has 0 saturated carbocycles. The second-order valence-electron chi connectivity index (χ2n) is 9.39. The van der Waals surface area contributed by atoms with E-state index in [4.69, 9.17) is 4.74 Å². The highest BCUT2D eigenvalue weighted by Crippen LogP contribution is 2.39. The quantitative estimate of drug-likeness (QED) is 0.245. The number of benzene rings is 1. The number of thiophene rings is 1. The number of rotatable bonds is 6. The number of hydrogen-bond acceptors (Lipinski definition) is 7. The summed E-state index contributed by atoms with van der Waals surface area (Å²) in [7, 11) is 1.39. The molecule has 0 radical (unpaired) electrons. The number of thioether (sulfide) groups is 1. The number of nitrogens with one attached hydrogen (secondary N) is 1. The molecule has 7 nitrogen and oxygen atoms in total. The maximum Gasteiger partial charge on any atom is 0.341 e. The predicted octanol–water partition coefficient (Wildman–Crippen LogP) is 6.04. The van der Waals surface area contributed by atoms with Crippen molar-refractivity contribution in [2.24, 2.45) is 0 Å². The third-order valence-corrected chi connectivity index (χ3v) is 9.32. The van der Waals surface area contributed by atoms with Crippen molar-refractivity contribution < 1.29 is 14.3 Å². The number of methoxy groups -OCH3 is 1. The number of anilines is 1. The lowest BCUT2D eigenvalue weighted by atomic mass is 9.95. The molecule has 0 fully saturated rings. The number of amides is 1. The van der Waals surface area contributed by atoms with Crippen LogP contribution >= 0.6 is 23.1 Å². The van der Waals surface area contributed by atoms with Gasteiger partial charge in [0.15, 0.2) is 10.8 Å². The predicted molar refractivity (Wildman–Crippen MR) is 146 cm³/mol. The van der Waals surface area contributed by atoms with Gasteiger partial charge in [0, 0.05) is 10.3 Å². The van der Waals surface area contributed by atoms with Gasteiger partial charge >= 0.3 is 5.97 Å². The number of carbonyl (C=O) groups excluding carboxylic acids is 2. The minimum Gasteiger partial charge on any atom is -0.465 e. The van der Waals surface area contributed by atoms with Gasteiger partial charge in [0.05, 0.1) is 23.4 Å². The van der Waals surface area contributed by atoms with Gasteiger partial charge in [-0.1, -0.05) is 30.3 Å². The van der Waals surface area contributed by atoms with Crippen molar-refractivity contribution in [2.75, 3.05) is 12.4 Å². The van der Waals surface area contributed by atoms with Crippen LogP contribution in [0.25, 0.3) is 16.6 Å². The van der Waals surface area contributed by atoms with E-state index in [1.165, 1.54) is 40.6 Å². The van der Waals surface area contributed by atoms with E-state index < -0.39 is 5.25 Å². The Bertz CT molecular complexity index is 1500. The minimum atomic E-state index is -0.399. The zero-order valence-electron chi connectivity index (χ0n) is 21.2. The van der Waals surface area contributed by atoms with Crippen LogP contribution in [0, 0.1) is 20.8 Å². The average Bonchev–Trinajstić information content (AvgIpc) is 3.42. The fourth-order valence-electron chi connectivity index (χ4n) is 5.10. The van der Waals surface area contributed by atoms with Gasteiger partial charge in [0.25, 0.3) is 0 Å². The van der Waals surface area contributed by atoms with Crippen LogP contribution in [0.1, 0.15) is 63.7 Å². The Balaban J connectivity index is 1.49. The van der Waals surface area contributed by atoms with Crippen LogP contribution in [0.5, 0.6) is 0 Å². The molecule has 0 bridgehead atoms. The molecular formula is C27H30N4O3S2. The van der Waals surface area contributed by atoms with Crippen molar-refractivity contribution in [2.45, 2.75) is 70.2 Å². The minimum absolute atomic E-state index is 0.146. The van der Waals surface area contributed by atoms with Gasteiger partial charge in [0.1, 0.15) is 5.00 Å². The normalized spacial score (nSPS) is 14.1. The van der Waals surface area contributed by atoms with Gasteiger partial charge < -0.3 is 10.1 Å². The fourth-order valence-corrected chi connectivity index (χ4v) is 7.35. The summed E-state index contributed by atoms with van der Waals surface area (Å²) in [5.41, 5.74) is 6.88. The van der Waals surface area contributed by atoms with Crippen molar-refractivity contribution in [3.8, 4) is 0 Å². The Hall–Kier alpha value is -2.91. The molecule has 0 spiro atoms. The van der Waals surface area contributed by atoms with Gasteiger partial charge in [-0.3, -0.25) is 9.20 Å². The van der Waals surface area contributed by atoms with Gasteiger partial charge in [0.2, 0.25) is 5.91 Å². The summed E-state index contributed by atoms with van der Waals surface area (Å²) in [6.07, 6.45) is 4.52. The first-order chi connectivity index (χ1) is 17.3. The van der Waals surface area contributed by atoms with Gasteiger partial charge in [-0.05, 0) is 81.7 Å². The number of hydrogen-bond donors (Lipinski definition) is 1. The second kappa shape index (κ2) is 9.86. The van der Waals surface area contributed by atoms with E-state index in [1.54, 1.807) is 0 Å². The van der Waals surface area contributed by atoms with Gasteiger partial charge in [-0.2, -0.15) is 0 Å². The van der Waals surface area contributed by atoms with E-state index in [0.717, 1.165) is 58.9 Å². The smallest absolute Gasteiger partial charge is 0.341 e. The molecule has 1 amide bonds. The summed E-state index contributed by atoms with van der Waals surface area (Å²) < 4.78 is 7.12. The van der Waals surface area contributed by atoms with Crippen molar-refractivity contribution in [3.63, 3.8) is 0 Å². The van der Waals surface area contributed by atoms with Gasteiger partial charge in [-0.15, -0.1) is 21.5 Å². The SMILES string of the molecule is CCC(Sc1nnc2cc(C)c3cc(C)cc(C)c3n12)C(=O)Nc1sc2c(c1C(=O)OC)CCCC2. The largest absolute Gasteiger partial charge is 0.465 e. The van der Waals surface area contributed by atoms with E-state index in [0.29, 0.717) is 22.1 Å². The van der Waals surface area contributed by atoms with E-state index in [1.807, 2.05) is 13.0 Å². The fraction of sp³-hybridized carbons (Fsp3) is 0.407. The van der Waals surface area contributed by atoms with Crippen LogP contribution in [-0.4, -0.2) is 38.8 Å². The second-order valence-corrected chi connectivity index (χ2v) is 11.7. The summed E-state index contributed by atoms with van der Waals surface area (Å²) in [6.45, 7) is 8.27. The number of nitrogens with zero attached hydrogens (tertiary/aromatic N) is 3. The van der Waals surface area contributed by atoms with Crippen LogP contribution < -0.4 is 5.32 Å². The molecule has 3 aromatic heterocycles. The third-order valence-electron chi connectivity index (χ3n) is 6.81. The summed E-state index contributed by atoms with van der Waals surface area (Å²) >= 11 is 2.91. The van der Waals surface area contributed by atoms with Gasteiger partial charge in [-0.25, -0.2) is 4.79 Å². The summed E-state index contributed by atoms with van der Waals surface area (Å²) in [5, 5.41) is 14.0. The van der Waals surface area contributed by atoms with Crippen molar-refractivity contribution >= 4 is 56.5 Å². The zero-order valence-corrected chi connectivity index (χ0v) is 22.9. The number of pyridine rings is 1. The molecule has 1 unspecified atom stereocenters. The van der Waals surface area contributed by atoms with Crippen LogP contribution in [0.15, 0.2) is 23.4 Å². The molecule has 9 heteroatoms. The lowest BCUT2D eigenvalue weighted by molar-refractivity contribution is -0.115. The van der Waals surface area contributed by atoms with E-state index in [9.17, 15) is 9.59 Å². The Labute approximate surface area is 218 Å². The van der Waals surface area contributed by atoms with Crippen molar-refractivity contribution in [1.82, 2.24) is 14.6 Å². The van der Waals surface area contributed by atoms with E-state index in [-0.39, 0.29) is 11.9 Å². The lowest BCUT2D eigenvalue weighted by Crippen LogP contribution is -2.25. The molecule has 0 aliphatic heterocycles. The first-order valence-electron chi connectivity index (χ1n) is 12.3. The topological polar surface area (TPSA) is 85.6 Å². The van der Waals surface area contributed by atoms with E-state index in [2.05, 4.69) is 52.8 Å². The highest BCUT2D eigenvalue weighted by atomic mass is 32.2. The lowest BCUT2D eigenvalue weighted by Gasteiger charge is -2.15. The maximum atomic E-state index is 13.5. The van der Waals surface area contributed by atoms with Crippen LogP contribution in [0.4, 0.5) is 5.00 Å². The Kier molecular flexibility index (Phi) is 6.78. The highest BCUT2D eigenvalue weighted by molar-refractivity contribution is 8.00. The number of esters is 1.